The van der Waals surface area contributed by atoms with E-state index >= 15 is 0 Å². The molecule has 1 spiro atoms. The van der Waals surface area contributed by atoms with Gasteiger partial charge in [-0.05, 0) is 62.7 Å². The third kappa shape index (κ3) is 3.43. The maximum absolute atomic E-state index is 13.4. The quantitative estimate of drug-likeness (QED) is 0.803. The van der Waals surface area contributed by atoms with Crippen LogP contribution in [-0.2, 0) is 17.8 Å². The van der Waals surface area contributed by atoms with Crippen LogP contribution >= 0.6 is 0 Å². The minimum atomic E-state index is 0.148. The molecule has 3 heteroatoms. The summed E-state index contributed by atoms with van der Waals surface area (Å²) in [7, 11) is 0. The van der Waals surface area contributed by atoms with Gasteiger partial charge in [0.1, 0.15) is 0 Å². The van der Waals surface area contributed by atoms with E-state index in [4.69, 9.17) is 0 Å². The van der Waals surface area contributed by atoms with E-state index in [0.717, 1.165) is 38.9 Å². The Morgan fingerprint density at radius 3 is 2.65 bits per heavy atom. The molecule has 4 rings (SSSR count). The van der Waals surface area contributed by atoms with Crippen molar-refractivity contribution in [1.82, 2.24) is 9.80 Å². The molecule has 1 saturated heterocycles. The zero-order valence-electron chi connectivity index (χ0n) is 16.4. The second kappa shape index (κ2) is 7.72. The first kappa shape index (κ1) is 18.0. The van der Waals surface area contributed by atoms with Crippen LogP contribution in [0.2, 0.25) is 0 Å². The van der Waals surface area contributed by atoms with Gasteiger partial charge >= 0.3 is 0 Å². The van der Waals surface area contributed by atoms with Crippen molar-refractivity contribution >= 4 is 5.91 Å². The van der Waals surface area contributed by atoms with Crippen molar-refractivity contribution in [3.8, 4) is 0 Å². The lowest BCUT2D eigenvalue weighted by atomic mass is 9.80. The molecular weight excluding hydrogens is 320 g/mol. The molecule has 1 atom stereocenters. The topological polar surface area (TPSA) is 23.6 Å². The van der Waals surface area contributed by atoms with Crippen LogP contribution in [0.15, 0.2) is 24.3 Å². The Kier molecular flexibility index (Phi) is 5.35. The van der Waals surface area contributed by atoms with Gasteiger partial charge in [0.15, 0.2) is 0 Å². The second-order valence-electron chi connectivity index (χ2n) is 8.79. The van der Waals surface area contributed by atoms with Crippen LogP contribution in [0.5, 0.6) is 0 Å². The Morgan fingerprint density at radius 2 is 1.88 bits per heavy atom. The molecular formula is C23H34N2O. The highest BCUT2D eigenvalue weighted by atomic mass is 16.2. The SMILES string of the molecule is CCCN1CCCCC12Cc1ccccc1CN(C(=O)C1CCCC1)C2. The molecule has 2 fully saturated rings. The summed E-state index contributed by atoms with van der Waals surface area (Å²) >= 11 is 0. The monoisotopic (exact) mass is 354 g/mol. The van der Waals surface area contributed by atoms with Crippen molar-refractivity contribution in [3.63, 3.8) is 0 Å². The van der Waals surface area contributed by atoms with E-state index in [-0.39, 0.29) is 11.5 Å². The first-order valence-corrected chi connectivity index (χ1v) is 10.8. The predicted molar refractivity (Wildman–Crippen MR) is 106 cm³/mol. The van der Waals surface area contributed by atoms with Crippen molar-refractivity contribution in [2.75, 3.05) is 19.6 Å². The van der Waals surface area contributed by atoms with Gasteiger partial charge in [0.2, 0.25) is 5.91 Å². The molecule has 0 radical (unpaired) electrons. The van der Waals surface area contributed by atoms with E-state index in [0.29, 0.717) is 5.91 Å². The first-order valence-electron chi connectivity index (χ1n) is 10.8. The van der Waals surface area contributed by atoms with Gasteiger partial charge in [0.05, 0.1) is 0 Å². The molecule has 3 aliphatic rings. The van der Waals surface area contributed by atoms with Crippen LogP contribution in [0.4, 0.5) is 0 Å². The molecule has 1 aliphatic carbocycles. The van der Waals surface area contributed by atoms with E-state index in [1.54, 1.807) is 0 Å². The number of amides is 1. The van der Waals surface area contributed by atoms with Gasteiger partial charge in [-0.15, -0.1) is 0 Å². The summed E-state index contributed by atoms with van der Waals surface area (Å²) in [5, 5.41) is 0. The molecule has 1 unspecified atom stereocenters. The average Bonchev–Trinajstić information content (AvgIpc) is 3.13. The van der Waals surface area contributed by atoms with E-state index in [1.165, 1.54) is 56.2 Å². The lowest BCUT2D eigenvalue weighted by Crippen LogP contribution is -2.59. The Hall–Kier alpha value is -1.35. The number of nitrogens with zero attached hydrogens (tertiary/aromatic N) is 2. The number of likely N-dealkylation sites (tertiary alicyclic amines) is 1. The number of carbonyl (C=O) groups is 1. The fraction of sp³-hybridized carbons (Fsp3) is 0.696. The van der Waals surface area contributed by atoms with Gasteiger partial charge in [-0.2, -0.15) is 0 Å². The summed E-state index contributed by atoms with van der Waals surface area (Å²) in [6, 6.07) is 8.86. The molecule has 3 nitrogen and oxygen atoms in total. The Bertz CT molecular complexity index is 635. The summed E-state index contributed by atoms with van der Waals surface area (Å²) in [4.78, 5) is 18.3. The normalized spacial score (nSPS) is 27.5. The Morgan fingerprint density at radius 1 is 1.12 bits per heavy atom. The fourth-order valence-corrected chi connectivity index (χ4v) is 5.65. The highest BCUT2D eigenvalue weighted by Gasteiger charge is 2.43. The number of rotatable bonds is 3. The van der Waals surface area contributed by atoms with Crippen LogP contribution in [0.1, 0.15) is 69.4 Å². The van der Waals surface area contributed by atoms with Crippen molar-refractivity contribution in [2.45, 2.75) is 76.8 Å². The average molecular weight is 355 g/mol. The summed E-state index contributed by atoms with van der Waals surface area (Å²) < 4.78 is 0. The highest BCUT2D eigenvalue weighted by molar-refractivity contribution is 5.79. The molecule has 142 valence electrons. The van der Waals surface area contributed by atoms with Crippen LogP contribution in [0.25, 0.3) is 0 Å². The van der Waals surface area contributed by atoms with Crippen LogP contribution in [0, 0.1) is 5.92 Å². The molecule has 0 aromatic heterocycles. The lowest BCUT2D eigenvalue weighted by molar-refractivity contribution is -0.138. The number of fused-ring (bicyclic) bond motifs is 1. The van der Waals surface area contributed by atoms with Crippen molar-refractivity contribution in [1.29, 1.82) is 0 Å². The zero-order valence-corrected chi connectivity index (χ0v) is 16.4. The van der Waals surface area contributed by atoms with Gasteiger partial charge in [-0.25, -0.2) is 0 Å². The minimum absolute atomic E-state index is 0.148. The van der Waals surface area contributed by atoms with Crippen LogP contribution in [-0.4, -0.2) is 40.9 Å². The summed E-state index contributed by atoms with van der Waals surface area (Å²) in [6.45, 7) is 6.38. The summed E-state index contributed by atoms with van der Waals surface area (Å²) in [5.41, 5.74) is 2.99. The molecule has 2 heterocycles. The predicted octanol–water partition coefficient (Wildman–Crippen LogP) is 4.40. The first-order chi connectivity index (χ1) is 12.7. The number of hydrogen-bond acceptors (Lipinski definition) is 2. The highest BCUT2D eigenvalue weighted by Crippen LogP contribution is 2.38. The van der Waals surface area contributed by atoms with Crippen molar-refractivity contribution in [3.05, 3.63) is 35.4 Å². The summed E-state index contributed by atoms with van der Waals surface area (Å²) in [6.07, 6.45) is 10.8. The van der Waals surface area contributed by atoms with Crippen molar-refractivity contribution in [2.24, 2.45) is 5.92 Å². The lowest BCUT2D eigenvalue weighted by Gasteiger charge is -2.49. The molecule has 1 aromatic rings. The number of benzene rings is 1. The second-order valence-corrected chi connectivity index (χ2v) is 8.79. The van der Waals surface area contributed by atoms with Gasteiger partial charge in [-0.3, -0.25) is 9.69 Å². The fourth-order valence-electron chi connectivity index (χ4n) is 5.65. The largest absolute Gasteiger partial charge is 0.336 e. The van der Waals surface area contributed by atoms with E-state index in [1.807, 2.05) is 0 Å². The van der Waals surface area contributed by atoms with E-state index < -0.39 is 0 Å². The Balaban J connectivity index is 1.68. The smallest absolute Gasteiger partial charge is 0.226 e. The Labute approximate surface area is 158 Å². The molecule has 2 aliphatic heterocycles. The van der Waals surface area contributed by atoms with Gasteiger partial charge in [-0.1, -0.05) is 50.5 Å². The van der Waals surface area contributed by atoms with E-state index in [2.05, 4.69) is 41.0 Å². The molecule has 26 heavy (non-hydrogen) atoms. The zero-order chi connectivity index (χ0) is 18.0. The van der Waals surface area contributed by atoms with Crippen LogP contribution < -0.4 is 0 Å². The number of carbonyl (C=O) groups excluding carboxylic acids is 1. The van der Waals surface area contributed by atoms with Crippen molar-refractivity contribution < 1.29 is 4.79 Å². The molecule has 1 amide bonds. The van der Waals surface area contributed by atoms with E-state index in [9.17, 15) is 4.79 Å². The maximum atomic E-state index is 13.4. The van der Waals surface area contributed by atoms with Crippen LogP contribution in [0.3, 0.4) is 0 Å². The van der Waals surface area contributed by atoms with Gasteiger partial charge in [0.25, 0.3) is 0 Å². The molecule has 0 bridgehead atoms. The number of hydrogen-bond donors (Lipinski definition) is 0. The number of piperidine rings is 1. The van der Waals surface area contributed by atoms with Gasteiger partial charge in [0, 0.05) is 24.5 Å². The summed E-state index contributed by atoms with van der Waals surface area (Å²) in [5.74, 6) is 0.709. The third-order valence-electron chi connectivity index (χ3n) is 6.98. The minimum Gasteiger partial charge on any atom is -0.336 e. The third-order valence-corrected chi connectivity index (χ3v) is 6.98. The molecule has 0 N–H and O–H groups in total. The van der Waals surface area contributed by atoms with Gasteiger partial charge < -0.3 is 4.90 Å². The molecule has 1 aromatic carbocycles. The molecule has 1 saturated carbocycles. The maximum Gasteiger partial charge on any atom is 0.226 e. The standard InChI is InChI=1S/C23H34N2O/c1-2-14-25-15-8-7-13-23(25)16-20-11-5-6-12-21(20)17-24(18-23)22(26)19-9-3-4-10-19/h5-6,11-12,19H,2-4,7-10,13-18H2,1H3.